The molecule has 1 aliphatic rings. The highest BCUT2D eigenvalue weighted by Crippen LogP contribution is 2.42. The van der Waals surface area contributed by atoms with Gasteiger partial charge in [-0.3, -0.25) is 9.59 Å². The lowest BCUT2D eigenvalue weighted by atomic mass is 10.0. The standard InChI is InChI=1S/C19H15ClF3NO3/c1-10-8-14(25)18-15(7-6-12(20)17(10)18)27-9-16(26)24-13-5-3-2-4-11(13)19(21,22)23/h2-7,10H,8-9H2,1H3,(H,24,26)/t10-/m0/s1. The summed E-state index contributed by atoms with van der Waals surface area (Å²) in [4.78, 5) is 24.2. The van der Waals surface area contributed by atoms with Crippen LogP contribution in [0.25, 0.3) is 0 Å². The number of nitrogens with one attached hydrogen (secondary N) is 1. The second-order valence-electron chi connectivity index (χ2n) is 6.24. The van der Waals surface area contributed by atoms with Gasteiger partial charge in [0.15, 0.2) is 12.4 Å². The number of ether oxygens (including phenoxy) is 1. The number of ketones is 1. The Kier molecular flexibility index (Phi) is 5.15. The Balaban J connectivity index is 1.75. The van der Waals surface area contributed by atoms with Gasteiger partial charge in [0, 0.05) is 11.4 Å². The van der Waals surface area contributed by atoms with Crippen LogP contribution in [0.4, 0.5) is 18.9 Å². The smallest absolute Gasteiger partial charge is 0.418 e. The molecule has 27 heavy (non-hydrogen) atoms. The van der Waals surface area contributed by atoms with Gasteiger partial charge in [-0.05, 0) is 35.7 Å². The first-order valence-electron chi connectivity index (χ1n) is 8.13. The van der Waals surface area contributed by atoms with E-state index in [9.17, 15) is 22.8 Å². The predicted octanol–water partition coefficient (Wildman–Crippen LogP) is 5.07. The molecule has 0 aromatic heterocycles. The first kappa shape index (κ1) is 19.2. The van der Waals surface area contributed by atoms with Crippen LogP contribution in [0, 0.1) is 0 Å². The maximum Gasteiger partial charge on any atom is 0.418 e. The molecule has 0 saturated heterocycles. The van der Waals surface area contributed by atoms with Crippen LogP contribution < -0.4 is 10.1 Å². The number of carbonyl (C=O) groups excluding carboxylic acids is 2. The number of para-hydroxylation sites is 1. The van der Waals surface area contributed by atoms with E-state index in [-0.39, 0.29) is 23.1 Å². The van der Waals surface area contributed by atoms with Crippen LogP contribution in [-0.2, 0) is 11.0 Å². The molecule has 0 unspecified atom stereocenters. The van der Waals surface area contributed by atoms with Crippen molar-refractivity contribution in [2.75, 3.05) is 11.9 Å². The molecule has 3 rings (SSSR count). The molecule has 0 spiro atoms. The molecule has 0 fully saturated rings. The number of hydrogen-bond acceptors (Lipinski definition) is 3. The quantitative estimate of drug-likeness (QED) is 0.784. The van der Waals surface area contributed by atoms with Gasteiger partial charge in [-0.15, -0.1) is 0 Å². The molecule has 4 nitrogen and oxygen atoms in total. The molecular weight excluding hydrogens is 383 g/mol. The Bertz CT molecular complexity index is 912. The minimum Gasteiger partial charge on any atom is -0.483 e. The second kappa shape index (κ2) is 7.23. The Morgan fingerprint density at radius 2 is 1.96 bits per heavy atom. The number of Topliss-reactive ketones (excluding diaryl/α,β-unsaturated/α-hetero) is 1. The highest BCUT2D eigenvalue weighted by molar-refractivity contribution is 6.32. The summed E-state index contributed by atoms with van der Waals surface area (Å²) in [5.41, 5.74) is -0.306. The summed E-state index contributed by atoms with van der Waals surface area (Å²) in [6, 6.07) is 7.71. The van der Waals surface area contributed by atoms with Crippen LogP contribution in [0.3, 0.4) is 0 Å². The molecular formula is C19H15ClF3NO3. The number of alkyl halides is 3. The third kappa shape index (κ3) is 3.93. The van der Waals surface area contributed by atoms with Crippen molar-refractivity contribution in [3.05, 3.63) is 58.1 Å². The Labute approximate surface area is 158 Å². The van der Waals surface area contributed by atoms with Crippen molar-refractivity contribution in [1.82, 2.24) is 0 Å². The second-order valence-corrected chi connectivity index (χ2v) is 6.65. The summed E-state index contributed by atoms with van der Waals surface area (Å²) < 4.78 is 44.4. The number of benzene rings is 2. The summed E-state index contributed by atoms with van der Waals surface area (Å²) in [5, 5.41) is 2.64. The maximum atomic E-state index is 13.0. The SMILES string of the molecule is C[C@H]1CC(=O)c2c(OCC(=O)Nc3ccccc3C(F)(F)F)ccc(Cl)c21. The van der Waals surface area contributed by atoms with Gasteiger partial charge in [0.25, 0.3) is 5.91 Å². The Morgan fingerprint density at radius 3 is 2.67 bits per heavy atom. The molecule has 0 bridgehead atoms. The van der Waals surface area contributed by atoms with Crippen molar-refractivity contribution >= 4 is 29.0 Å². The van der Waals surface area contributed by atoms with E-state index in [1.165, 1.54) is 18.2 Å². The lowest BCUT2D eigenvalue weighted by Crippen LogP contribution is -2.22. The molecule has 0 saturated carbocycles. The first-order chi connectivity index (χ1) is 12.7. The zero-order valence-electron chi connectivity index (χ0n) is 14.2. The first-order valence-corrected chi connectivity index (χ1v) is 8.50. The van der Waals surface area contributed by atoms with E-state index < -0.39 is 24.3 Å². The molecule has 2 aromatic carbocycles. The fraction of sp³-hybridized carbons (Fsp3) is 0.263. The van der Waals surface area contributed by atoms with E-state index in [1.807, 2.05) is 6.92 Å². The summed E-state index contributed by atoms with van der Waals surface area (Å²) in [5.74, 6) is -0.772. The molecule has 142 valence electrons. The number of hydrogen-bond donors (Lipinski definition) is 1. The van der Waals surface area contributed by atoms with Gasteiger partial charge in [-0.1, -0.05) is 30.7 Å². The molecule has 0 radical (unpaired) electrons. The van der Waals surface area contributed by atoms with Crippen LogP contribution in [-0.4, -0.2) is 18.3 Å². The number of fused-ring (bicyclic) bond motifs is 1. The van der Waals surface area contributed by atoms with E-state index in [1.54, 1.807) is 6.07 Å². The average molecular weight is 398 g/mol. The van der Waals surface area contributed by atoms with Crippen LogP contribution in [0.2, 0.25) is 5.02 Å². The van der Waals surface area contributed by atoms with Gasteiger partial charge in [-0.2, -0.15) is 13.2 Å². The van der Waals surface area contributed by atoms with Crippen molar-refractivity contribution in [2.45, 2.75) is 25.4 Å². The van der Waals surface area contributed by atoms with E-state index in [0.717, 1.165) is 12.1 Å². The van der Waals surface area contributed by atoms with Gasteiger partial charge >= 0.3 is 6.18 Å². The van der Waals surface area contributed by atoms with Gasteiger partial charge in [-0.25, -0.2) is 0 Å². The van der Waals surface area contributed by atoms with Crippen LogP contribution in [0.15, 0.2) is 36.4 Å². The minimum atomic E-state index is -4.59. The Morgan fingerprint density at radius 1 is 1.26 bits per heavy atom. The van der Waals surface area contributed by atoms with E-state index in [2.05, 4.69) is 5.32 Å². The highest BCUT2D eigenvalue weighted by Gasteiger charge is 2.34. The van der Waals surface area contributed by atoms with Crippen LogP contribution in [0.5, 0.6) is 5.75 Å². The molecule has 1 aliphatic carbocycles. The molecule has 1 atom stereocenters. The third-order valence-corrected chi connectivity index (χ3v) is 4.61. The minimum absolute atomic E-state index is 0.0592. The van der Waals surface area contributed by atoms with Gasteiger partial charge in [0.2, 0.25) is 0 Å². The largest absolute Gasteiger partial charge is 0.483 e. The average Bonchev–Trinajstić information content (AvgIpc) is 2.89. The van der Waals surface area contributed by atoms with Crippen LogP contribution in [0.1, 0.15) is 40.7 Å². The van der Waals surface area contributed by atoms with E-state index in [4.69, 9.17) is 16.3 Å². The summed E-state index contributed by atoms with van der Waals surface area (Å²) in [6.07, 6.45) is -4.30. The van der Waals surface area contributed by atoms with E-state index >= 15 is 0 Å². The number of amides is 1. The molecule has 8 heteroatoms. The normalized spacial score (nSPS) is 16.2. The number of carbonyl (C=O) groups is 2. The topological polar surface area (TPSA) is 55.4 Å². The molecule has 0 aliphatic heterocycles. The molecule has 2 aromatic rings. The molecule has 0 heterocycles. The van der Waals surface area contributed by atoms with Crippen molar-refractivity contribution in [3.63, 3.8) is 0 Å². The molecule has 1 N–H and O–H groups in total. The summed E-state index contributed by atoms with van der Waals surface area (Å²) in [7, 11) is 0. The highest BCUT2D eigenvalue weighted by atomic mass is 35.5. The van der Waals surface area contributed by atoms with Crippen molar-refractivity contribution in [2.24, 2.45) is 0 Å². The van der Waals surface area contributed by atoms with Crippen molar-refractivity contribution < 1.29 is 27.5 Å². The third-order valence-electron chi connectivity index (χ3n) is 4.28. The van der Waals surface area contributed by atoms with Crippen LogP contribution >= 0.6 is 11.6 Å². The lowest BCUT2D eigenvalue weighted by molar-refractivity contribution is -0.137. The fourth-order valence-electron chi connectivity index (χ4n) is 3.11. The zero-order chi connectivity index (χ0) is 19.8. The van der Waals surface area contributed by atoms with Crippen molar-refractivity contribution in [1.29, 1.82) is 0 Å². The number of rotatable bonds is 4. The van der Waals surface area contributed by atoms with Gasteiger partial charge < -0.3 is 10.1 Å². The van der Waals surface area contributed by atoms with E-state index in [0.29, 0.717) is 22.6 Å². The number of anilines is 1. The predicted molar refractivity (Wildman–Crippen MR) is 94.4 cm³/mol. The molecule has 1 amide bonds. The van der Waals surface area contributed by atoms with Crippen molar-refractivity contribution in [3.8, 4) is 5.75 Å². The maximum absolute atomic E-state index is 13.0. The monoisotopic (exact) mass is 397 g/mol. The van der Waals surface area contributed by atoms with Gasteiger partial charge in [0.05, 0.1) is 16.8 Å². The van der Waals surface area contributed by atoms with Gasteiger partial charge in [0.1, 0.15) is 5.75 Å². The lowest BCUT2D eigenvalue weighted by Gasteiger charge is -2.15. The fourth-order valence-corrected chi connectivity index (χ4v) is 3.46. The summed E-state index contributed by atoms with van der Waals surface area (Å²) >= 11 is 6.14. The number of halogens is 4. The summed E-state index contributed by atoms with van der Waals surface area (Å²) in [6.45, 7) is 1.32. The zero-order valence-corrected chi connectivity index (χ0v) is 14.9. The Hall–Kier alpha value is -2.54.